The molecule has 0 fully saturated rings. The van der Waals surface area contributed by atoms with Crippen molar-refractivity contribution in [3.05, 3.63) is 169 Å². The summed E-state index contributed by atoms with van der Waals surface area (Å²) in [6.07, 6.45) is 7.48. The number of para-hydroxylation sites is 2. The van der Waals surface area contributed by atoms with Gasteiger partial charge in [0.2, 0.25) is 0 Å². The van der Waals surface area contributed by atoms with E-state index in [1.54, 1.807) is 0 Å². The second kappa shape index (κ2) is 11.5. The molecular formula is C45H29N3O2. The molecule has 0 saturated heterocycles. The predicted octanol–water partition coefficient (Wildman–Crippen LogP) is 11.8. The second-order valence-electron chi connectivity index (χ2n) is 12.7. The first-order valence-corrected chi connectivity index (χ1v) is 16.9. The molecule has 236 valence electrons. The summed E-state index contributed by atoms with van der Waals surface area (Å²) in [7, 11) is 0. The SMILES string of the molecule is C1=CC(c2nc(-c3ccccc3)nc(-c3c(-c4cccc5oc6ccccc6c45)ccc4oc5ccccc5c34)n2)CC=C1c1ccccc1. The van der Waals surface area contributed by atoms with E-state index in [4.69, 9.17) is 23.8 Å². The fraction of sp³-hybridized carbons (Fsp3) is 0.0444. The summed E-state index contributed by atoms with van der Waals surface area (Å²) in [5.74, 6) is 1.96. The van der Waals surface area contributed by atoms with Gasteiger partial charge in [0.25, 0.3) is 0 Å². The summed E-state index contributed by atoms with van der Waals surface area (Å²) in [6, 6.07) is 47.5. The Morgan fingerprint density at radius 3 is 1.82 bits per heavy atom. The van der Waals surface area contributed by atoms with Crippen LogP contribution in [0.15, 0.2) is 167 Å². The van der Waals surface area contributed by atoms with Crippen molar-refractivity contribution in [3.63, 3.8) is 0 Å². The van der Waals surface area contributed by atoms with Crippen molar-refractivity contribution in [1.29, 1.82) is 0 Å². The van der Waals surface area contributed by atoms with Crippen LogP contribution >= 0.6 is 0 Å². The van der Waals surface area contributed by atoms with Crippen LogP contribution in [0, 0.1) is 0 Å². The van der Waals surface area contributed by atoms with Gasteiger partial charge in [-0.25, -0.2) is 15.0 Å². The molecule has 1 atom stereocenters. The normalized spacial score (nSPS) is 14.6. The Kier molecular flexibility index (Phi) is 6.56. The molecule has 0 N–H and O–H groups in total. The van der Waals surface area contributed by atoms with Crippen LogP contribution in [0.2, 0.25) is 0 Å². The topological polar surface area (TPSA) is 65.0 Å². The molecule has 6 aromatic carbocycles. The van der Waals surface area contributed by atoms with Gasteiger partial charge in [-0.3, -0.25) is 0 Å². The average molecular weight is 644 g/mol. The van der Waals surface area contributed by atoms with Crippen LogP contribution in [0.5, 0.6) is 0 Å². The third-order valence-corrected chi connectivity index (χ3v) is 9.68. The van der Waals surface area contributed by atoms with Crippen molar-refractivity contribution in [2.24, 2.45) is 0 Å². The summed E-state index contributed by atoms with van der Waals surface area (Å²) in [4.78, 5) is 15.7. The molecule has 5 nitrogen and oxygen atoms in total. The van der Waals surface area contributed by atoms with Gasteiger partial charge < -0.3 is 8.83 Å². The van der Waals surface area contributed by atoms with Crippen molar-refractivity contribution in [2.75, 3.05) is 0 Å². The maximum atomic E-state index is 6.45. The molecule has 0 aliphatic heterocycles. The van der Waals surface area contributed by atoms with Gasteiger partial charge in [0.15, 0.2) is 11.6 Å². The second-order valence-corrected chi connectivity index (χ2v) is 12.7. The molecule has 0 saturated carbocycles. The summed E-state index contributed by atoms with van der Waals surface area (Å²) in [6.45, 7) is 0. The maximum Gasteiger partial charge on any atom is 0.165 e. The lowest BCUT2D eigenvalue weighted by Gasteiger charge is -2.18. The highest BCUT2D eigenvalue weighted by Crippen LogP contribution is 2.45. The van der Waals surface area contributed by atoms with E-state index in [0.717, 1.165) is 78.4 Å². The van der Waals surface area contributed by atoms with Gasteiger partial charge in [0.05, 0.1) is 0 Å². The first kappa shape index (κ1) is 28.4. The number of hydrogen-bond acceptors (Lipinski definition) is 5. The zero-order valence-electron chi connectivity index (χ0n) is 27.0. The summed E-state index contributed by atoms with van der Waals surface area (Å²) < 4.78 is 12.8. The number of benzene rings is 6. The molecule has 0 bridgehead atoms. The monoisotopic (exact) mass is 643 g/mol. The van der Waals surface area contributed by atoms with Crippen molar-refractivity contribution < 1.29 is 8.83 Å². The Labute approximate surface area is 287 Å². The van der Waals surface area contributed by atoms with Crippen molar-refractivity contribution in [2.45, 2.75) is 12.3 Å². The van der Waals surface area contributed by atoms with Crippen molar-refractivity contribution in [1.82, 2.24) is 15.0 Å². The molecule has 1 aliphatic carbocycles. The third-order valence-electron chi connectivity index (χ3n) is 9.68. The minimum Gasteiger partial charge on any atom is -0.456 e. The summed E-state index contributed by atoms with van der Waals surface area (Å²) in [5, 5.41) is 4.11. The fourth-order valence-corrected chi connectivity index (χ4v) is 7.32. The quantitative estimate of drug-likeness (QED) is 0.187. The van der Waals surface area contributed by atoms with E-state index in [2.05, 4.69) is 103 Å². The van der Waals surface area contributed by atoms with Gasteiger partial charge in [-0.2, -0.15) is 0 Å². The van der Waals surface area contributed by atoms with E-state index in [9.17, 15) is 0 Å². The van der Waals surface area contributed by atoms with Crippen molar-refractivity contribution in [3.8, 4) is 33.9 Å². The van der Waals surface area contributed by atoms with Gasteiger partial charge in [0, 0.05) is 38.6 Å². The Bertz CT molecular complexity index is 2790. The lowest BCUT2D eigenvalue weighted by Crippen LogP contribution is -2.09. The molecular weight excluding hydrogens is 615 g/mol. The van der Waals surface area contributed by atoms with E-state index in [1.807, 2.05) is 54.6 Å². The molecule has 50 heavy (non-hydrogen) atoms. The number of furan rings is 2. The third kappa shape index (κ3) is 4.66. The molecule has 5 heteroatoms. The zero-order valence-corrected chi connectivity index (χ0v) is 27.0. The molecule has 0 radical (unpaired) electrons. The molecule has 3 heterocycles. The largest absolute Gasteiger partial charge is 0.456 e. The van der Waals surface area contributed by atoms with Gasteiger partial charge in [-0.1, -0.05) is 127 Å². The molecule has 10 rings (SSSR count). The molecule has 0 amide bonds. The first-order chi connectivity index (χ1) is 24.8. The zero-order chi connectivity index (χ0) is 33.0. The standard InChI is InChI=1S/C45H29N3O2/c1-3-12-28(13-4-1)29-22-24-31(25-23-29)44-46-43(30-14-5-2-6-15-30)47-45(48-44)42-33(26-27-39-41(42)35-17-8-10-20-37(35)50-39)32-18-11-21-38-40(32)34-16-7-9-19-36(34)49-38/h1-24,26-27,31H,25H2. The molecule has 1 unspecified atom stereocenters. The Morgan fingerprint density at radius 2 is 1.10 bits per heavy atom. The predicted molar refractivity (Wildman–Crippen MR) is 202 cm³/mol. The summed E-state index contributed by atoms with van der Waals surface area (Å²) in [5.41, 5.74) is 9.59. The summed E-state index contributed by atoms with van der Waals surface area (Å²) >= 11 is 0. The van der Waals surface area contributed by atoms with E-state index >= 15 is 0 Å². The smallest absolute Gasteiger partial charge is 0.165 e. The van der Waals surface area contributed by atoms with Crippen LogP contribution < -0.4 is 0 Å². The van der Waals surface area contributed by atoms with E-state index in [0.29, 0.717) is 11.6 Å². The Morgan fingerprint density at radius 1 is 0.480 bits per heavy atom. The van der Waals surface area contributed by atoms with E-state index in [1.165, 1.54) is 11.1 Å². The van der Waals surface area contributed by atoms with Gasteiger partial charge in [0.1, 0.15) is 28.2 Å². The van der Waals surface area contributed by atoms with Crippen LogP contribution in [0.1, 0.15) is 23.7 Å². The van der Waals surface area contributed by atoms with E-state index < -0.39 is 0 Å². The minimum atomic E-state index is -0.0170. The highest BCUT2D eigenvalue weighted by atomic mass is 16.3. The highest BCUT2D eigenvalue weighted by Gasteiger charge is 2.25. The number of fused-ring (bicyclic) bond motifs is 6. The Balaban J connectivity index is 1.24. The van der Waals surface area contributed by atoms with Crippen LogP contribution in [0.3, 0.4) is 0 Å². The van der Waals surface area contributed by atoms with Gasteiger partial charge in [-0.15, -0.1) is 0 Å². The van der Waals surface area contributed by atoms with Crippen LogP contribution in [-0.2, 0) is 0 Å². The lowest BCUT2D eigenvalue weighted by atomic mass is 9.91. The number of rotatable bonds is 5. The van der Waals surface area contributed by atoms with Gasteiger partial charge in [-0.05, 0) is 59.0 Å². The molecule has 0 spiro atoms. The molecule has 9 aromatic rings. The molecule has 3 aromatic heterocycles. The minimum absolute atomic E-state index is 0.0170. The lowest BCUT2D eigenvalue weighted by molar-refractivity contribution is 0.669. The van der Waals surface area contributed by atoms with Crippen LogP contribution in [0.4, 0.5) is 0 Å². The fourth-order valence-electron chi connectivity index (χ4n) is 7.32. The average Bonchev–Trinajstić information content (AvgIpc) is 3.77. The van der Waals surface area contributed by atoms with Gasteiger partial charge >= 0.3 is 0 Å². The Hall–Kier alpha value is -6.59. The number of nitrogens with zero attached hydrogens (tertiary/aromatic N) is 3. The molecule has 1 aliphatic rings. The van der Waals surface area contributed by atoms with Crippen LogP contribution in [-0.4, -0.2) is 15.0 Å². The maximum absolute atomic E-state index is 6.45. The van der Waals surface area contributed by atoms with Crippen LogP contribution in [0.25, 0.3) is 83.4 Å². The van der Waals surface area contributed by atoms with E-state index in [-0.39, 0.29) is 5.92 Å². The number of aromatic nitrogens is 3. The highest BCUT2D eigenvalue weighted by molar-refractivity contribution is 6.19. The van der Waals surface area contributed by atoms with Crippen molar-refractivity contribution >= 4 is 49.5 Å². The number of hydrogen-bond donors (Lipinski definition) is 0. The first-order valence-electron chi connectivity index (χ1n) is 16.9. The number of allylic oxidation sites excluding steroid dienone is 4.